The Morgan fingerprint density at radius 2 is 2.14 bits per heavy atom. The van der Waals surface area contributed by atoms with Gasteiger partial charge in [0.25, 0.3) is 0 Å². The third-order valence-electron chi connectivity index (χ3n) is 3.24. The number of methoxy groups -OCH3 is 1. The lowest BCUT2D eigenvalue weighted by molar-refractivity contribution is -0.146. The van der Waals surface area contributed by atoms with Gasteiger partial charge in [-0.15, -0.1) is 11.8 Å². The summed E-state index contributed by atoms with van der Waals surface area (Å²) in [6, 6.07) is 7.39. The van der Waals surface area contributed by atoms with E-state index in [9.17, 15) is 14.7 Å². The molecule has 0 bridgehead atoms. The van der Waals surface area contributed by atoms with E-state index in [1.165, 1.54) is 11.8 Å². The molecule has 1 saturated heterocycles. The molecule has 1 unspecified atom stereocenters. The van der Waals surface area contributed by atoms with Crippen LogP contribution in [0.15, 0.2) is 29.2 Å². The van der Waals surface area contributed by atoms with Gasteiger partial charge in [0.05, 0.1) is 12.9 Å². The van der Waals surface area contributed by atoms with Gasteiger partial charge in [-0.05, 0) is 36.4 Å². The van der Waals surface area contributed by atoms with E-state index in [0.29, 0.717) is 12.2 Å². The number of nitrogens with one attached hydrogen (secondary N) is 1. The highest BCUT2D eigenvalue weighted by Gasteiger charge is 2.43. The summed E-state index contributed by atoms with van der Waals surface area (Å²) in [7, 11) is 1.60. The van der Waals surface area contributed by atoms with E-state index in [-0.39, 0.29) is 11.7 Å². The number of carbonyl (C=O) groups is 2. The number of thioether (sulfide) groups is 2. The van der Waals surface area contributed by atoms with E-state index >= 15 is 0 Å². The van der Waals surface area contributed by atoms with Crippen LogP contribution in [0.5, 0.6) is 5.75 Å². The zero-order valence-corrected chi connectivity index (χ0v) is 13.3. The summed E-state index contributed by atoms with van der Waals surface area (Å²) in [5.41, 5.74) is -1.10. The molecule has 7 heteroatoms. The normalized spacial score (nSPS) is 21.0. The van der Waals surface area contributed by atoms with Gasteiger partial charge in [0.15, 0.2) is 0 Å². The van der Waals surface area contributed by atoms with E-state index in [1.54, 1.807) is 18.9 Å². The molecule has 0 radical (unpaired) electrons. The molecule has 1 aromatic carbocycles. The predicted octanol–water partition coefficient (Wildman–Crippen LogP) is 1.86. The Balaban J connectivity index is 1.87. The molecule has 0 spiro atoms. The van der Waals surface area contributed by atoms with Gasteiger partial charge in [-0.3, -0.25) is 4.79 Å². The zero-order valence-electron chi connectivity index (χ0n) is 11.6. The van der Waals surface area contributed by atoms with Crippen LogP contribution >= 0.6 is 23.5 Å². The van der Waals surface area contributed by atoms with Crippen LogP contribution in [0.4, 0.5) is 0 Å². The maximum Gasteiger partial charge on any atom is 0.330 e. The molecule has 5 nitrogen and oxygen atoms in total. The average molecular weight is 327 g/mol. The maximum absolute atomic E-state index is 12.0. The highest BCUT2D eigenvalue weighted by atomic mass is 32.2. The Kier molecular flexibility index (Phi) is 5.41. The molecule has 114 valence electrons. The van der Waals surface area contributed by atoms with Crippen molar-refractivity contribution in [2.75, 3.05) is 24.4 Å². The zero-order chi connectivity index (χ0) is 15.3. The number of amides is 1. The maximum atomic E-state index is 12.0. The van der Waals surface area contributed by atoms with Gasteiger partial charge in [0.1, 0.15) is 11.3 Å². The van der Waals surface area contributed by atoms with E-state index in [2.05, 4.69) is 5.32 Å². The fourth-order valence-corrected chi connectivity index (χ4v) is 4.03. The van der Waals surface area contributed by atoms with Gasteiger partial charge in [-0.25, -0.2) is 4.79 Å². The van der Waals surface area contributed by atoms with Crippen LogP contribution < -0.4 is 10.1 Å². The fraction of sp³-hybridized carbons (Fsp3) is 0.429. The molecule has 0 aliphatic carbocycles. The molecular formula is C14H17NO4S2. The Morgan fingerprint density at radius 3 is 2.67 bits per heavy atom. The van der Waals surface area contributed by atoms with Crippen LogP contribution in [0, 0.1) is 0 Å². The van der Waals surface area contributed by atoms with Crippen LogP contribution in [0.3, 0.4) is 0 Å². The van der Waals surface area contributed by atoms with E-state index in [0.717, 1.165) is 16.4 Å². The topological polar surface area (TPSA) is 75.6 Å². The van der Waals surface area contributed by atoms with Crippen molar-refractivity contribution in [2.45, 2.75) is 16.9 Å². The van der Waals surface area contributed by atoms with Crippen LogP contribution in [0.2, 0.25) is 0 Å². The number of benzene rings is 1. The van der Waals surface area contributed by atoms with Crippen molar-refractivity contribution in [3.63, 3.8) is 0 Å². The second-order valence-electron chi connectivity index (χ2n) is 4.70. The summed E-state index contributed by atoms with van der Waals surface area (Å²) in [6.07, 6.45) is 0.478. The quantitative estimate of drug-likeness (QED) is 0.777. The van der Waals surface area contributed by atoms with E-state index < -0.39 is 11.5 Å². The molecule has 1 aliphatic heterocycles. The van der Waals surface area contributed by atoms with Gasteiger partial charge < -0.3 is 15.2 Å². The number of rotatable bonds is 6. The lowest BCUT2D eigenvalue weighted by atomic mass is 9.99. The molecule has 1 atom stereocenters. The smallest absolute Gasteiger partial charge is 0.330 e. The molecule has 1 heterocycles. The lowest BCUT2D eigenvalue weighted by Crippen LogP contribution is -2.55. The number of hydrogen-bond acceptors (Lipinski definition) is 5. The second-order valence-corrected chi connectivity index (χ2v) is 6.86. The summed E-state index contributed by atoms with van der Waals surface area (Å²) in [6.45, 7) is 0. The van der Waals surface area contributed by atoms with Crippen molar-refractivity contribution in [3.8, 4) is 5.75 Å². The van der Waals surface area contributed by atoms with Crippen LogP contribution in [-0.2, 0) is 9.59 Å². The standard InChI is InChI=1S/C14H17NO4S2/c1-19-10-2-4-11(5-3-10)21-8-12(16)15-14(13(17)18)6-7-20-9-14/h2-5H,6-9H2,1H3,(H,15,16)(H,17,18). The van der Waals surface area contributed by atoms with Crippen molar-refractivity contribution < 1.29 is 19.4 Å². The highest BCUT2D eigenvalue weighted by molar-refractivity contribution is 8.00. The van der Waals surface area contributed by atoms with Crippen LogP contribution in [0.25, 0.3) is 0 Å². The van der Waals surface area contributed by atoms with Gasteiger partial charge >= 0.3 is 5.97 Å². The van der Waals surface area contributed by atoms with Gasteiger partial charge in [-0.2, -0.15) is 11.8 Å². The van der Waals surface area contributed by atoms with Crippen molar-refractivity contribution in [3.05, 3.63) is 24.3 Å². The SMILES string of the molecule is COc1ccc(SCC(=O)NC2(C(=O)O)CCSC2)cc1. The average Bonchev–Trinajstić information content (AvgIpc) is 2.95. The van der Waals surface area contributed by atoms with Crippen molar-refractivity contribution in [2.24, 2.45) is 0 Å². The monoisotopic (exact) mass is 327 g/mol. The number of ether oxygens (including phenoxy) is 1. The third-order valence-corrected chi connectivity index (χ3v) is 5.44. The van der Waals surface area contributed by atoms with Gasteiger partial charge in [0, 0.05) is 10.6 Å². The third kappa shape index (κ3) is 4.07. The largest absolute Gasteiger partial charge is 0.497 e. The number of aliphatic carboxylic acids is 1. The first-order valence-corrected chi connectivity index (χ1v) is 8.59. The van der Waals surface area contributed by atoms with Crippen LogP contribution in [0.1, 0.15) is 6.42 Å². The Hall–Kier alpha value is -1.34. The highest BCUT2D eigenvalue weighted by Crippen LogP contribution is 2.28. The minimum absolute atomic E-state index is 0.200. The Labute approximate surface area is 131 Å². The number of carboxylic acids is 1. The van der Waals surface area contributed by atoms with Crippen molar-refractivity contribution in [1.82, 2.24) is 5.32 Å². The van der Waals surface area contributed by atoms with Crippen molar-refractivity contribution in [1.29, 1.82) is 0 Å². The van der Waals surface area contributed by atoms with Gasteiger partial charge in [-0.1, -0.05) is 0 Å². The molecule has 1 aliphatic rings. The minimum Gasteiger partial charge on any atom is -0.497 e. The summed E-state index contributed by atoms with van der Waals surface area (Å²) >= 11 is 2.93. The van der Waals surface area contributed by atoms with Crippen LogP contribution in [-0.4, -0.2) is 46.9 Å². The summed E-state index contributed by atoms with van der Waals surface area (Å²) in [4.78, 5) is 24.3. The lowest BCUT2D eigenvalue weighted by Gasteiger charge is -2.24. The number of hydrogen-bond donors (Lipinski definition) is 2. The first kappa shape index (κ1) is 16.0. The summed E-state index contributed by atoms with van der Waals surface area (Å²) in [5.74, 6) is 0.957. The van der Waals surface area contributed by atoms with E-state index in [1.807, 2.05) is 24.3 Å². The fourth-order valence-electron chi connectivity index (χ4n) is 2.01. The Morgan fingerprint density at radius 1 is 1.43 bits per heavy atom. The molecule has 2 N–H and O–H groups in total. The Bertz CT molecular complexity index is 512. The summed E-state index contributed by atoms with van der Waals surface area (Å²) in [5, 5.41) is 12.0. The molecule has 1 aromatic rings. The number of carbonyl (C=O) groups excluding carboxylic acids is 1. The molecule has 2 rings (SSSR count). The first-order chi connectivity index (χ1) is 10.1. The molecular weight excluding hydrogens is 310 g/mol. The molecule has 0 saturated carbocycles. The summed E-state index contributed by atoms with van der Waals surface area (Å²) < 4.78 is 5.07. The predicted molar refractivity (Wildman–Crippen MR) is 84.2 cm³/mol. The molecule has 1 fully saturated rings. The van der Waals surface area contributed by atoms with E-state index in [4.69, 9.17) is 4.74 Å². The minimum atomic E-state index is -1.10. The first-order valence-electron chi connectivity index (χ1n) is 6.45. The van der Waals surface area contributed by atoms with Crippen molar-refractivity contribution >= 4 is 35.4 Å². The number of carboxylic acid groups (broad SMARTS) is 1. The molecule has 0 aromatic heterocycles. The molecule has 21 heavy (non-hydrogen) atoms. The molecule has 1 amide bonds. The second kappa shape index (κ2) is 7.09. The van der Waals surface area contributed by atoms with Gasteiger partial charge in [0.2, 0.25) is 5.91 Å².